The lowest BCUT2D eigenvalue weighted by Gasteiger charge is -2.05. The quantitative estimate of drug-likeness (QED) is 0.307. The summed E-state index contributed by atoms with van der Waals surface area (Å²) in [6.45, 7) is 1.39. The number of fused-ring (bicyclic) bond motifs is 1. The first-order valence-electron chi connectivity index (χ1n) is 9.62. The highest BCUT2D eigenvalue weighted by atomic mass is 16.5. The van der Waals surface area contributed by atoms with Crippen molar-refractivity contribution in [3.63, 3.8) is 0 Å². The molecule has 0 amide bonds. The largest absolute Gasteiger partial charge is 0.497 e. The first-order valence-corrected chi connectivity index (χ1v) is 9.62. The molecule has 4 rings (SSSR count). The molecular weight excluding hydrogens is 374 g/mol. The summed E-state index contributed by atoms with van der Waals surface area (Å²) in [5, 5.41) is 1.05. The van der Waals surface area contributed by atoms with Crippen molar-refractivity contribution in [1.82, 2.24) is 4.98 Å². The number of esters is 1. The molecule has 30 heavy (non-hydrogen) atoms. The van der Waals surface area contributed by atoms with Gasteiger partial charge in [0.25, 0.3) is 0 Å². The Labute approximate surface area is 175 Å². The van der Waals surface area contributed by atoms with Crippen LogP contribution in [0.5, 0.6) is 11.5 Å². The van der Waals surface area contributed by atoms with Crippen LogP contribution in [0.15, 0.2) is 78.9 Å². The van der Waals surface area contributed by atoms with Crippen molar-refractivity contribution in [3.05, 3.63) is 90.1 Å². The molecule has 0 saturated heterocycles. The maximum Gasteiger partial charge on any atom is 0.308 e. The van der Waals surface area contributed by atoms with Crippen molar-refractivity contribution in [2.75, 3.05) is 7.11 Å². The fraction of sp³-hybridized carbons (Fsp3) is 0.0769. The van der Waals surface area contributed by atoms with Gasteiger partial charge in [-0.15, -0.1) is 0 Å². The van der Waals surface area contributed by atoms with Crippen molar-refractivity contribution in [3.8, 4) is 22.6 Å². The number of ether oxygens (including phenoxy) is 2. The van der Waals surface area contributed by atoms with Crippen LogP contribution < -0.4 is 9.47 Å². The molecule has 4 heteroatoms. The number of carbonyl (C=O) groups is 1. The standard InChI is InChI=1S/C26H21NO3/c1-18(28)30-24-13-9-21(10-14-24)20-6-3-19(4-7-20)5-11-23-12-8-22-17-25(29-2)15-16-26(22)27-23/h3-17H,1-2H3/b11-5+. The Morgan fingerprint density at radius 3 is 2.13 bits per heavy atom. The van der Waals surface area contributed by atoms with E-state index >= 15 is 0 Å². The summed E-state index contributed by atoms with van der Waals surface area (Å²) in [6.07, 6.45) is 4.05. The molecule has 1 heterocycles. The number of hydrogen-bond donors (Lipinski definition) is 0. The van der Waals surface area contributed by atoms with Gasteiger partial charge >= 0.3 is 5.97 Å². The van der Waals surface area contributed by atoms with Crippen molar-refractivity contribution in [1.29, 1.82) is 0 Å². The molecule has 0 aliphatic rings. The number of rotatable bonds is 5. The minimum atomic E-state index is -0.320. The van der Waals surface area contributed by atoms with Gasteiger partial charge in [0.05, 0.1) is 18.3 Å². The smallest absolute Gasteiger partial charge is 0.308 e. The summed E-state index contributed by atoms with van der Waals surface area (Å²) >= 11 is 0. The Kier molecular flexibility index (Phi) is 5.57. The minimum Gasteiger partial charge on any atom is -0.497 e. The highest BCUT2D eigenvalue weighted by molar-refractivity contribution is 5.82. The third kappa shape index (κ3) is 4.55. The number of benzene rings is 3. The van der Waals surface area contributed by atoms with Crippen molar-refractivity contribution in [2.45, 2.75) is 6.92 Å². The first kappa shape index (κ1) is 19.4. The van der Waals surface area contributed by atoms with Crippen LogP contribution in [0.2, 0.25) is 0 Å². The highest BCUT2D eigenvalue weighted by Crippen LogP contribution is 2.24. The lowest BCUT2D eigenvalue weighted by Crippen LogP contribution is -2.00. The van der Waals surface area contributed by atoms with Crippen LogP contribution in [0.4, 0.5) is 0 Å². The Morgan fingerprint density at radius 1 is 0.800 bits per heavy atom. The summed E-state index contributed by atoms with van der Waals surface area (Å²) in [5.41, 5.74) is 5.09. The molecule has 148 valence electrons. The van der Waals surface area contributed by atoms with Gasteiger partial charge in [-0.25, -0.2) is 4.98 Å². The van der Waals surface area contributed by atoms with Crippen LogP contribution in [-0.4, -0.2) is 18.1 Å². The minimum absolute atomic E-state index is 0.320. The molecule has 0 unspecified atom stereocenters. The third-order valence-corrected chi connectivity index (χ3v) is 4.72. The van der Waals surface area contributed by atoms with Gasteiger partial charge in [-0.3, -0.25) is 4.79 Å². The van der Waals surface area contributed by atoms with Crippen molar-refractivity contribution in [2.24, 2.45) is 0 Å². The molecule has 1 aromatic heterocycles. The lowest BCUT2D eigenvalue weighted by atomic mass is 10.0. The zero-order valence-electron chi connectivity index (χ0n) is 16.8. The van der Waals surface area contributed by atoms with Gasteiger partial charge in [-0.1, -0.05) is 48.5 Å². The summed E-state index contributed by atoms with van der Waals surface area (Å²) < 4.78 is 10.3. The molecule has 4 nitrogen and oxygen atoms in total. The van der Waals surface area contributed by atoms with E-state index in [0.717, 1.165) is 39.0 Å². The fourth-order valence-corrected chi connectivity index (χ4v) is 3.19. The second kappa shape index (κ2) is 8.62. The van der Waals surface area contributed by atoms with E-state index in [0.29, 0.717) is 5.75 Å². The van der Waals surface area contributed by atoms with Gasteiger partial charge < -0.3 is 9.47 Å². The predicted molar refractivity (Wildman–Crippen MR) is 120 cm³/mol. The molecule has 0 N–H and O–H groups in total. The topological polar surface area (TPSA) is 48.4 Å². The fourth-order valence-electron chi connectivity index (χ4n) is 3.19. The van der Waals surface area contributed by atoms with Gasteiger partial charge in [0.2, 0.25) is 0 Å². The maximum absolute atomic E-state index is 11.0. The second-order valence-electron chi connectivity index (χ2n) is 6.87. The summed E-state index contributed by atoms with van der Waals surface area (Å²) in [7, 11) is 1.66. The molecule has 0 saturated carbocycles. The van der Waals surface area contributed by atoms with E-state index in [9.17, 15) is 4.79 Å². The number of pyridine rings is 1. The summed E-state index contributed by atoms with van der Waals surface area (Å²) in [6, 6.07) is 25.7. The van der Waals surface area contributed by atoms with Crippen LogP contribution in [0.1, 0.15) is 18.2 Å². The molecule has 0 fully saturated rings. The Balaban J connectivity index is 1.48. The number of carbonyl (C=O) groups excluding carboxylic acids is 1. The number of nitrogens with zero attached hydrogens (tertiary/aromatic N) is 1. The molecule has 0 aliphatic carbocycles. The summed E-state index contributed by atoms with van der Waals surface area (Å²) in [5.74, 6) is 1.06. The molecule has 0 atom stereocenters. The summed E-state index contributed by atoms with van der Waals surface area (Å²) in [4.78, 5) is 15.7. The third-order valence-electron chi connectivity index (χ3n) is 4.72. The van der Waals surface area contributed by atoms with Gasteiger partial charge in [0.15, 0.2) is 0 Å². The number of methoxy groups -OCH3 is 1. The number of hydrogen-bond acceptors (Lipinski definition) is 4. The number of aromatic nitrogens is 1. The van der Waals surface area contributed by atoms with Crippen LogP contribution in [-0.2, 0) is 4.79 Å². The van der Waals surface area contributed by atoms with E-state index in [2.05, 4.69) is 29.2 Å². The molecule has 3 aromatic carbocycles. The molecule has 4 aromatic rings. The van der Waals surface area contributed by atoms with E-state index < -0.39 is 0 Å². The lowest BCUT2D eigenvalue weighted by molar-refractivity contribution is -0.131. The zero-order chi connectivity index (χ0) is 20.9. The van der Waals surface area contributed by atoms with E-state index in [1.165, 1.54) is 6.92 Å². The van der Waals surface area contributed by atoms with Gasteiger partial charge in [-0.2, -0.15) is 0 Å². The predicted octanol–water partition coefficient (Wildman–Crippen LogP) is 6.01. The van der Waals surface area contributed by atoms with Gasteiger partial charge in [-0.05, 0) is 59.2 Å². The van der Waals surface area contributed by atoms with Gasteiger partial charge in [0.1, 0.15) is 11.5 Å². The Morgan fingerprint density at radius 2 is 1.47 bits per heavy atom. The van der Waals surface area contributed by atoms with Crippen LogP contribution in [0.3, 0.4) is 0 Å². The van der Waals surface area contributed by atoms with Crippen molar-refractivity contribution < 1.29 is 14.3 Å². The monoisotopic (exact) mass is 395 g/mol. The molecule has 0 aliphatic heterocycles. The van der Waals surface area contributed by atoms with Crippen LogP contribution in [0.25, 0.3) is 34.2 Å². The van der Waals surface area contributed by atoms with Crippen LogP contribution >= 0.6 is 0 Å². The van der Waals surface area contributed by atoms with Crippen LogP contribution in [0, 0.1) is 0 Å². The average Bonchev–Trinajstić information content (AvgIpc) is 2.78. The highest BCUT2D eigenvalue weighted by Gasteiger charge is 2.02. The maximum atomic E-state index is 11.0. The van der Waals surface area contributed by atoms with E-state index in [1.54, 1.807) is 19.2 Å². The van der Waals surface area contributed by atoms with E-state index in [-0.39, 0.29) is 5.97 Å². The van der Waals surface area contributed by atoms with E-state index in [1.807, 2.05) is 54.6 Å². The molecule has 0 spiro atoms. The second-order valence-corrected chi connectivity index (χ2v) is 6.87. The molecular formula is C26H21NO3. The first-order chi connectivity index (χ1) is 14.6. The van der Waals surface area contributed by atoms with Crippen molar-refractivity contribution >= 4 is 29.0 Å². The zero-order valence-corrected chi connectivity index (χ0v) is 16.8. The molecule has 0 bridgehead atoms. The Bertz CT molecular complexity index is 1210. The SMILES string of the molecule is COc1ccc2nc(/C=C/c3ccc(-c4ccc(OC(C)=O)cc4)cc3)ccc2c1. The molecule has 0 radical (unpaired) electrons. The van der Waals surface area contributed by atoms with E-state index in [4.69, 9.17) is 9.47 Å². The Hall–Kier alpha value is -3.92. The average molecular weight is 395 g/mol. The van der Waals surface area contributed by atoms with Gasteiger partial charge in [0, 0.05) is 12.3 Å². The normalized spacial score (nSPS) is 11.0.